The summed E-state index contributed by atoms with van der Waals surface area (Å²) < 4.78 is 6.92. The first-order valence-corrected chi connectivity index (χ1v) is 12.6. The maximum Gasteiger partial charge on any atom is 0.261 e. The summed E-state index contributed by atoms with van der Waals surface area (Å²) in [7, 11) is -2.68. The van der Waals surface area contributed by atoms with Gasteiger partial charge in [-0.05, 0) is 33.8 Å². The van der Waals surface area contributed by atoms with Crippen molar-refractivity contribution in [2.24, 2.45) is 5.11 Å². The molecule has 1 aliphatic heterocycles. The van der Waals surface area contributed by atoms with Crippen molar-refractivity contribution in [3.05, 3.63) is 83.3 Å². The number of carbonyl (C=O) groups is 1. The van der Waals surface area contributed by atoms with Crippen LogP contribution in [0.1, 0.15) is 33.6 Å². The van der Waals surface area contributed by atoms with Crippen LogP contribution in [0.25, 0.3) is 10.4 Å². The second-order valence-electron chi connectivity index (χ2n) is 8.82. The normalized spacial score (nSPS) is 20.7. The third-order valence-corrected chi connectivity index (χ3v) is 10.7. The van der Waals surface area contributed by atoms with Gasteiger partial charge >= 0.3 is 0 Å². The molecular weight excluding hydrogens is 404 g/mol. The van der Waals surface area contributed by atoms with Gasteiger partial charge in [0.05, 0.1) is 12.6 Å². The zero-order chi connectivity index (χ0) is 22.3. The van der Waals surface area contributed by atoms with Gasteiger partial charge in [0.2, 0.25) is 5.91 Å². The van der Waals surface area contributed by atoms with Crippen LogP contribution >= 0.6 is 0 Å². The number of azide groups is 1. The molecule has 2 atom stereocenters. The van der Waals surface area contributed by atoms with Crippen LogP contribution in [-0.2, 0) is 9.22 Å². The molecular formula is C24H30N4O2Si. The third-order valence-electron chi connectivity index (χ3n) is 5.69. The minimum Gasteiger partial charge on any atom is -0.405 e. The van der Waals surface area contributed by atoms with Crippen molar-refractivity contribution < 1.29 is 9.22 Å². The molecule has 1 amide bonds. The van der Waals surface area contributed by atoms with Crippen molar-refractivity contribution in [3.8, 4) is 0 Å². The maximum absolute atomic E-state index is 12.6. The first kappa shape index (κ1) is 22.8. The van der Waals surface area contributed by atoms with E-state index in [4.69, 9.17) is 9.96 Å². The van der Waals surface area contributed by atoms with Crippen molar-refractivity contribution >= 4 is 24.6 Å². The fourth-order valence-electron chi connectivity index (χ4n) is 4.22. The highest BCUT2D eigenvalue weighted by atomic mass is 28.4. The number of hydrogen-bond donors (Lipinski definition) is 1. The molecule has 0 bridgehead atoms. The van der Waals surface area contributed by atoms with Crippen LogP contribution < -0.4 is 15.7 Å². The molecule has 3 rings (SSSR count). The monoisotopic (exact) mass is 434 g/mol. The summed E-state index contributed by atoms with van der Waals surface area (Å²) in [5.74, 6) is -0.252. The molecule has 0 fully saturated rings. The molecule has 0 spiro atoms. The first-order chi connectivity index (χ1) is 14.9. The minimum atomic E-state index is -2.68. The van der Waals surface area contributed by atoms with Crippen LogP contribution in [0.4, 0.5) is 0 Å². The van der Waals surface area contributed by atoms with Crippen LogP contribution in [0.5, 0.6) is 0 Å². The highest BCUT2D eigenvalue weighted by molar-refractivity contribution is 6.99. The fraction of sp³-hybridized carbons (Fsp3) is 0.375. The first-order valence-electron chi connectivity index (χ1n) is 10.6. The lowest BCUT2D eigenvalue weighted by atomic mass is 10.1. The number of nitrogens with zero attached hydrogens (tertiary/aromatic N) is 3. The third kappa shape index (κ3) is 5.07. The molecule has 6 nitrogen and oxygen atoms in total. The standard InChI is InChI=1S/C24H30N4O2Si/c1-24(2,3)31(20-13-6-4-7-14-20,21-15-8-5-9-16-21)30-18-19-12-10-11-17-22(27-28-25)23(29)26-19/h4-10,12-16,19,22H,11,17-18H2,1-3H3,(H,26,29)/b12-10-/t19-,22+/m1/s1. The summed E-state index contributed by atoms with van der Waals surface area (Å²) in [4.78, 5) is 15.4. The van der Waals surface area contributed by atoms with E-state index in [0.29, 0.717) is 19.4 Å². The number of amides is 1. The Morgan fingerprint density at radius 3 is 2.19 bits per heavy atom. The number of hydrogen-bond acceptors (Lipinski definition) is 3. The molecule has 0 radical (unpaired) electrons. The molecule has 31 heavy (non-hydrogen) atoms. The van der Waals surface area contributed by atoms with Crippen LogP contribution in [-0.4, -0.2) is 32.9 Å². The van der Waals surface area contributed by atoms with E-state index < -0.39 is 14.4 Å². The lowest BCUT2D eigenvalue weighted by Gasteiger charge is -2.43. The highest BCUT2D eigenvalue weighted by Gasteiger charge is 2.50. The van der Waals surface area contributed by atoms with Gasteiger partial charge in [-0.2, -0.15) is 0 Å². The van der Waals surface area contributed by atoms with E-state index >= 15 is 0 Å². The highest BCUT2D eigenvalue weighted by Crippen LogP contribution is 2.36. The molecule has 0 aliphatic carbocycles. The minimum absolute atomic E-state index is 0.140. The van der Waals surface area contributed by atoms with E-state index in [1.54, 1.807) is 0 Å². The van der Waals surface area contributed by atoms with E-state index in [9.17, 15) is 4.79 Å². The van der Waals surface area contributed by atoms with Crippen molar-refractivity contribution in [1.82, 2.24) is 5.32 Å². The molecule has 0 saturated carbocycles. The van der Waals surface area contributed by atoms with Crippen molar-refractivity contribution in [2.75, 3.05) is 6.61 Å². The number of nitrogens with one attached hydrogen (secondary N) is 1. The molecule has 1 heterocycles. The second-order valence-corrected chi connectivity index (χ2v) is 13.1. The number of rotatable bonds is 6. The Bertz CT molecular complexity index is 911. The lowest BCUT2D eigenvalue weighted by molar-refractivity contribution is -0.123. The summed E-state index contributed by atoms with van der Waals surface area (Å²) in [5, 5.41) is 8.89. The Morgan fingerprint density at radius 2 is 1.68 bits per heavy atom. The Labute approximate surface area is 185 Å². The fourth-order valence-corrected chi connectivity index (χ4v) is 8.80. The van der Waals surface area contributed by atoms with Crippen molar-refractivity contribution in [3.63, 3.8) is 0 Å². The van der Waals surface area contributed by atoms with E-state index in [1.165, 1.54) is 10.4 Å². The van der Waals surface area contributed by atoms with Crippen LogP contribution in [0, 0.1) is 0 Å². The Morgan fingerprint density at radius 1 is 1.10 bits per heavy atom. The Balaban J connectivity index is 1.97. The molecule has 1 aliphatic rings. The van der Waals surface area contributed by atoms with Crippen LogP contribution in [0.2, 0.25) is 5.04 Å². The van der Waals surface area contributed by atoms with Gasteiger partial charge in [-0.1, -0.05) is 98.7 Å². The average molecular weight is 435 g/mol. The zero-order valence-corrected chi connectivity index (χ0v) is 19.4. The van der Waals surface area contributed by atoms with Crippen molar-refractivity contribution in [2.45, 2.75) is 50.7 Å². The number of benzene rings is 2. The molecule has 2 aromatic rings. The maximum atomic E-state index is 12.6. The predicted molar refractivity (Wildman–Crippen MR) is 127 cm³/mol. The molecule has 2 aromatic carbocycles. The van der Waals surface area contributed by atoms with Gasteiger partial charge in [0.1, 0.15) is 6.04 Å². The van der Waals surface area contributed by atoms with Gasteiger partial charge in [-0.3, -0.25) is 4.79 Å². The molecule has 0 saturated heterocycles. The summed E-state index contributed by atoms with van der Waals surface area (Å²) in [6.45, 7) is 7.02. The van der Waals surface area contributed by atoms with E-state index in [-0.39, 0.29) is 17.0 Å². The molecule has 7 heteroatoms. The summed E-state index contributed by atoms with van der Waals surface area (Å²) >= 11 is 0. The zero-order valence-electron chi connectivity index (χ0n) is 18.4. The second kappa shape index (κ2) is 9.96. The van der Waals surface area contributed by atoms with Gasteiger partial charge < -0.3 is 9.74 Å². The quantitative estimate of drug-likeness (QED) is 0.244. The average Bonchev–Trinajstić information content (AvgIpc) is 2.75. The Hall–Kier alpha value is -2.86. The molecule has 162 valence electrons. The molecule has 0 aromatic heterocycles. The summed E-state index contributed by atoms with van der Waals surface area (Å²) in [6, 6.07) is 19.9. The van der Waals surface area contributed by atoms with Gasteiger partial charge in [-0.15, -0.1) is 0 Å². The number of carbonyl (C=O) groups excluding carboxylic acids is 1. The van der Waals surface area contributed by atoms with Crippen molar-refractivity contribution in [1.29, 1.82) is 0 Å². The molecule has 1 N–H and O–H groups in total. The topological polar surface area (TPSA) is 87.1 Å². The summed E-state index contributed by atoms with van der Waals surface area (Å²) in [6.07, 6.45) is 5.21. The number of allylic oxidation sites excluding steroid dienone is 1. The van der Waals surface area contributed by atoms with Gasteiger partial charge in [0.15, 0.2) is 0 Å². The summed E-state index contributed by atoms with van der Waals surface area (Å²) in [5.41, 5.74) is 8.76. The van der Waals surface area contributed by atoms with Crippen LogP contribution in [0.3, 0.4) is 0 Å². The molecule has 0 unspecified atom stereocenters. The smallest absolute Gasteiger partial charge is 0.261 e. The SMILES string of the molecule is CC(C)(C)[Si](OC[C@H]1/C=C\CC[C@H](N=[N+]=[N-])C(=O)N1)(c1ccccc1)c1ccccc1. The van der Waals surface area contributed by atoms with Gasteiger partial charge in [0.25, 0.3) is 8.32 Å². The Kier molecular flexibility index (Phi) is 7.33. The lowest BCUT2D eigenvalue weighted by Crippen LogP contribution is -2.67. The van der Waals surface area contributed by atoms with Crippen LogP contribution in [0.15, 0.2) is 77.9 Å². The van der Waals surface area contributed by atoms with Gasteiger partial charge in [0, 0.05) is 4.91 Å². The largest absolute Gasteiger partial charge is 0.405 e. The van der Waals surface area contributed by atoms with Gasteiger partial charge in [-0.25, -0.2) is 0 Å². The van der Waals surface area contributed by atoms with E-state index in [2.05, 4.69) is 84.6 Å². The predicted octanol–water partition coefficient (Wildman–Crippen LogP) is 4.08. The van der Waals surface area contributed by atoms with E-state index in [1.807, 2.05) is 24.3 Å². The van der Waals surface area contributed by atoms with E-state index in [0.717, 1.165) is 0 Å².